The predicted octanol–water partition coefficient (Wildman–Crippen LogP) is 3.40. The number of aryl methyl sites for hydroxylation is 1. The molecule has 1 N–H and O–H groups in total. The molecule has 0 radical (unpaired) electrons. The zero-order chi connectivity index (χ0) is 14.8. The number of rotatable bonds is 4. The molecule has 1 heterocycles. The van der Waals surface area contributed by atoms with Crippen LogP contribution in [0.4, 0.5) is 5.69 Å². The van der Waals surface area contributed by atoms with Crippen molar-refractivity contribution in [2.45, 2.75) is 33.1 Å². The molecule has 0 bridgehead atoms. The molecule has 0 unspecified atom stereocenters. The van der Waals surface area contributed by atoms with Crippen molar-refractivity contribution in [3.05, 3.63) is 28.2 Å². The van der Waals surface area contributed by atoms with Crippen molar-refractivity contribution >= 4 is 31.8 Å². The van der Waals surface area contributed by atoms with E-state index in [0.29, 0.717) is 24.7 Å². The van der Waals surface area contributed by atoms with Gasteiger partial charge >= 0.3 is 10.2 Å². The SMILES string of the molecule is CCc1cc(Br)ccc1NS(=O)(=O)N1CCC(C)CC1. The van der Waals surface area contributed by atoms with E-state index in [9.17, 15) is 8.42 Å². The van der Waals surface area contributed by atoms with Crippen molar-refractivity contribution in [1.82, 2.24) is 4.31 Å². The fourth-order valence-electron chi connectivity index (χ4n) is 2.38. The highest BCUT2D eigenvalue weighted by atomic mass is 79.9. The van der Waals surface area contributed by atoms with Gasteiger partial charge in [0, 0.05) is 17.6 Å². The molecular weight excluding hydrogens is 340 g/mol. The Kier molecular flexibility index (Phi) is 5.09. The molecule has 20 heavy (non-hydrogen) atoms. The Morgan fingerprint density at radius 3 is 2.60 bits per heavy atom. The van der Waals surface area contributed by atoms with Crippen LogP contribution in [-0.2, 0) is 16.6 Å². The Morgan fingerprint density at radius 2 is 2.00 bits per heavy atom. The molecule has 112 valence electrons. The summed E-state index contributed by atoms with van der Waals surface area (Å²) in [6, 6.07) is 5.62. The lowest BCUT2D eigenvalue weighted by molar-refractivity contribution is 0.289. The van der Waals surface area contributed by atoms with Crippen LogP contribution in [0.3, 0.4) is 0 Å². The molecular formula is C14H21BrN2O2S. The number of halogens is 1. The van der Waals surface area contributed by atoms with Crippen molar-refractivity contribution in [3.8, 4) is 0 Å². The molecule has 2 rings (SSSR count). The van der Waals surface area contributed by atoms with Gasteiger partial charge in [-0.3, -0.25) is 4.72 Å². The Balaban J connectivity index is 2.16. The summed E-state index contributed by atoms with van der Waals surface area (Å²) < 4.78 is 30.1. The average Bonchev–Trinajstić information content (AvgIpc) is 2.41. The van der Waals surface area contributed by atoms with Crippen LogP contribution in [0.1, 0.15) is 32.3 Å². The van der Waals surface area contributed by atoms with Gasteiger partial charge in [-0.1, -0.05) is 29.8 Å². The molecule has 1 saturated heterocycles. The lowest BCUT2D eigenvalue weighted by Gasteiger charge is -2.29. The molecule has 1 aromatic carbocycles. The molecule has 1 aromatic rings. The van der Waals surface area contributed by atoms with Gasteiger partial charge in [-0.15, -0.1) is 0 Å². The highest BCUT2D eigenvalue weighted by Crippen LogP contribution is 2.25. The second-order valence-corrected chi connectivity index (χ2v) is 7.93. The highest BCUT2D eigenvalue weighted by molar-refractivity contribution is 9.10. The third-order valence-electron chi connectivity index (χ3n) is 3.77. The number of hydrogen-bond donors (Lipinski definition) is 1. The van der Waals surface area contributed by atoms with Crippen LogP contribution < -0.4 is 4.72 Å². The van der Waals surface area contributed by atoms with Crippen molar-refractivity contribution in [3.63, 3.8) is 0 Å². The average molecular weight is 361 g/mol. The van der Waals surface area contributed by atoms with Gasteiger partial charge in [0.05, 0.1) is 5.69 Å². The molecule has 1 aliphatic rings. The van der Waals surface area contributed by atoms with Crippen LogP contribution in [0.15, 0.2) is 22.7 Å². The number of nitrogens with zero attached hydrogens (tertiary/aromatic N) is 1. The van der Waals surface area contributed by atoms with Crippen LogP contribution in [-0.4, -0.2) is 25.8 Å². The fraction of sp³-hybridized carbons (Fsp3) is 0.571. The van der Waals surface area contributed by atoms with E-state index in [-0.39, 0.29) is 0 Å². The lowest BCUT2D eigenvalue weighted by atomic mass is 10.0. The maximum Gasteiger partial charge on any atom is 0.301 e. The van der Waals surface area contributed by atoms with Crippen LogP contribution in [0.2, 0.25) is 0 Å². The molecule has 0 aromatic heterocycles. The molecule has 0 aliphatic carbocycles. The summed E-state index contributed by atoms with van der Waals surface area (Å²) in [5, 5.41) is 0. The molecule has 4 nitrogen and oxygen atoms in total. The first-order valence-corrected chi connectivity index (χ1v) is 9.22. The summed E-state index contributed by atoms with van der Waals surface area (Å²) in [6.45, 7) is 5.40. The van der Waals surface area contributed by atoms with Gasteiger partial charge in [-0.2, -0.15) is 12.7 Å². The van der Waals surface area contributed by atoms with Crippen LogP contribution in [0.5, 0.6) is 0 Å². The third kappa shape index (κ3) is 3.74. The highest BCUT2D eigenvalue weighted by Gasteiger charge is 2.26. The van der Waals surface area contributed by atoms with Crippen molar-refractivity contribution in [1.29, 1.82) is 0 Å². The summed E-state index contributed by atoms with van der Waals surface area (Å²) in [5.74, 6) is 0.611. The second-order valence-electron chi connectivity index (χ2n) is 5.34. The molecule has 0 saturated carbocycles. The summed E-state index contributed by atoms with van der Waals surface area (Å²) in [6.07, 6.45) is 2.65. The van der Waals surface area contributed by atoms with E-state index in [1.165, 1.54) is 0 Å². The molecule has 1 aliphatic heterocycles. The topological polar surface area (TPSA) is 49.4 Å². The number of hydrogen-bond acceptors (Lipinski definition) is 2. The van der Waals surface area contributed by atoms with Crippen LogP contribution in [0.25, 0.3) is 0 Å². The Bertz CT molecular complexity index is 567. The number of nitrogens with one attached hydrogen (secondary N) is 1. The van der Waals surface area contributed by atoms with Crippen molar-refractivity contribution in [2.75, 3.05) is 17.8 Å². The van der Waals surface area contributed by atoms with E-state index < -0.39 is 10.2 Å². The minimum Gasteiger partial charge on any atom is -0.271 e. The van der Waals surface area contributed by atoms with Gasteiger partial charge in [-0.05, 0) is 48.9 Å². The summed E-state index contributed by atoms with van der Waals surface area (Å²) in [5.41, 5.74) is 1.67. The monoisotopic (exact) mass is 360 g/mol. The maximum absolute atomic E-state index is 12.4. The molecule has 0 amide bonds. The Morgan fingerprint density at radius 1 is 1.35 bits per heavy atom. The van der Waals surface area contributed by atoms with E-state index in [1.54, 1.807) is 4.31 Å². The first-order chi connectivity index (χ1) is 9.42. The van der Waals surface area contributed by atoms with Gasteiger partial charge in [0.15, 0.2) is 0 Å². The van der Waals surface area contributed by atoms with Crippen molar-refractivity contribution < 1.29 is 8.42 Å². The predicted molar refractivity (Wildman–Crippen MR) is 86.0 cm³/mol. The fourth-order valence-corrected chi connectivity index (χ4v) is 4.09. The lowest BCUT2D eigenvalue weighted by Crippen LogP contribution is -2.41. The Hall–Kier alpha value is -0.590. The summed E-state index contributed by atoms with van der Waals surface area (Å²) >= 11 is 3.41. The zero-order valence-corrected chi connectivity index (χ0v) is 14.3. The van der Waals surface area contributed by atoms with Crippen LogP contribution >= 0.6 is 15.9 Å². The molecule has 0 spiro atoms. The third-order valence-corrected chi connectivity index (χ3v) is 5.79. The van der Waals surface area contributed by atoms with E-state index in [0.717, 1.165) is 29.3 Å². The quantitative estimate of drug-likeness (QED) is 0.894. The zero-order valence-electron chi connectivity index (χ0n) is 11.9. The van der Waals surface area contributed by atoms with E-state index >= 15 is 0 Å². The number of piperidine rings is 1. The minimum absolute atomic E-state index is 0.606. The van der Waals surface area contributed by atoms with Gasteiger partial charge in [-0.25, -0.2) is 0 Å². The minimum atomic E-state index is -3.44. The van der Waals surface area contributed by atoms with Gasteiger partial charge in [0.2, 0.25) is 0 Å². The first kappa shape index (κ1) is 15.8. The number of anilines is 1. The maximum atomic E-state index is 12.4. The summed E-state index contributed by atoms with van der Waals surface area (Å²) in [4.78, 5) is 0. The van der Waals surface area contributed by atoms with Crippen LogP contribution in [0, 0.1) is 5.92 Å². The standard InChI is InChI=1S/C14H21BrN2O2S/c1-3-12-10-13(15)4-5-14(12)16-20(18,19)17-8-6-11(2)7-9-17/h4-5,10-11,16H,3,6-9H2,1-2H3. The smallest absolute Gasteiger partial charge is 0.271 e. The van der Waals surface area contributed by atoms with E-state index in [2.05, 4.69) is 27.6 Å². The second kappa shape index (κ2) is 6.45. The summed E-state index contributed by atoms with van der Waals surface area (Å²) in [7, 11) is -3.44. The van der Waals surface area contributed by atoms with E-state index in [1.807, 2.05) is 25.1 Å². The largest absolute Gasteiger partial charge is 0.301 e. The normalized spacial score (nSPS) is 18.1. The number of benzene rings is 1. The Labute approximate surface area is 129 Å². The van der Waals surface area contributed by atoms with Gasteiger partial charge in [0.25, 0.3) is 0 Å². The van der Waals surface area contributed by atoms with Gasteiger partial charge < -0.3 is 0 Å². The van der Waals surface area contributed by atoms with Gasteiger partial charge in [0.1, 0.15) is 0 Å². The molecule has 0 atom stereocenters. The first-order valence-electron chi connectivity index (χ1n) is 6.98. The van der Waals surface area contributed by atoms with E-state index in [4.69, 9.17) is 0 Å². The molecule has 1 fully saturated rings. The molecule has 6 heteroatoms. The van der Waals surface area contributed by atoms with Crippen molar-refractivity contribution in [2.24, 2.45) is 5.92 Å².